The van der Waals surface area contributed by atoms with Crippen molar-refractivity contribution in [3.8, 4) is 0 Å². The predicted octanol–water partition coefficient (Wildman–Crippen LogP) is 0.622. The van der Waals surface area contributed by atoms with Gasteiger partial charge < -0.3 is 9.64 Å². The van der Waals surface area contributed by atoms with E-state index in [2.05, 4.69) is 12.2 Å². The van der Waals surface area contributed by atoms with Crippen LogP contribution >= 0.6 is 12.2 Å². The molecule has 1 aliphatic heterocycles. The Hall–Kier alpha value is -0.480. The smallest absolute Gasteiger partial charge is 0.257 e. The molecule has 0 radical (unpaired) electrons. The average molecular weight is 187 g/mol. The molecule has 12 heavy (non-hydrogen) atoms. The van der Waals surface area contributed by atoms with Crippen LogP contribution in [0, 0.1) is 0 Å². The van der Waals surface area contributed by atoms with Crippen LogP contribution in [-0.4, -0.2) is 41.5 Å². The van der Waals surface area contributed by atoms with Gasteiger partial charge in [-0.25, -0.2) is 0 Å². The SMILES string of the molecule is CC1CN(C(=O)C=S)CC(C)O1. The van der Waals surface area contributed by atoms with Gasteiger partial charge >= 0.3 is 0 Å². The van der Waals surface area contributed by atoms with E-state index in [1.807, 2.05) is 13.8 Å². The van der Waals surface area contributed by atoms with Crippen LogP contribution in [0.5, 0.6) is 0 Å². The normalized spacial score (nSPS) is 30.0. The zero-order chi connectivity index (χ0) is 9.14. The van der Waals surface area contributed by atoms with Crippen LogP contribution in [0.15, 0.2) is 0 Å². The van der Waals surface area contributed by atoms with Crippen LogP contribution in [0.1, 0.15) is 13.8 Å². The molecule has 4 heteroatoms. The number of nitrogens with zero attached hydrogens (tertiary/aromatic N) is 1. The fourth-order valence-electron chi connectivity index (χ4n) is 1.43. The van der Waals surface area contributed by atoms with E-state index in [1.54, 1.807) is 4.90 Å². The Morgan fingerprint density at radius 3 is 2.42 bits per heavy atom. The Bertz CT molecular complexity index is 185. The van der Waals surface area contributed by atoms with Crippen LogP contribution < -0.4 is 0 Å². The van der Waals surface area contributed by atoms with Gasteiger partial charge in [0.1, 0.15) is 0 Å². The number of ether oxygens (including phenoxy) is 1. The van der Waals surface area contributed by atoms with Gasteiger partial charge in [-0.1, -0.05) is 12.2 Å². The van der Waals surface area contributed by atoms with Crippen LogP contribution in [0.25, 0.3) is 0 Å². The van der Waals surface area contributed by atoms with Crippen molar-refractivity contribution < 1.29 is 9.53 Å². The fourth-order valence-corrected chi connectivity index (χ4v) is 1.58. The molecule has 1 rings (SSSR count). The van der Waals surface area contributed by atoms with Crippen LogP contribution in [-0.2, 0) is 9.53 Å². The lowest BCUT2D eigenvalue weighted by atomic mass is 10.2. The number of morpholine rings is 1. The van der Waals surface area contributed by atoms with E-state index in [9.17, 15) is 4.79 Å². The molecule has 68 valence electrons. The first-order valence-electron chi connectivity index (χ1n) is 4.03. The molecule has 0 saturated carbocycles. The molecule has 1 saturated heterocycles. The van der Waals surface area contributed by atoms with E-state index in [4.69, 9.17) is 4.74 Å². The highest BCUT2D eigenvalue weighted by atomic mass is 32.1. The summed E-state index contributed by atoms with van der Waals surface area (Å²) in [4.78, 5) is 12.9. The maximum absolute atomic E-state index is 11.2. The van der Waals surface area contributed by atoms with Gasteiger partial charge in [-0.05, 0) is 13.8 Å². The highest BCUT2D eigenvalue weighted by molar-refractivity contribution is 7.80. The van der Waals surface area contributed by atoms with Crippen LogP contribution in [0.3, 0.4) is 0 Å². The molecule has 0 aromatic heterocycles. The number of thiocarbonyl (C=S) groups is 1. The summed E-state index contributed by atoms with van der Waals surface area (Å²) in [6.07, 6.45) is 0.236. The first-order chi connectivity index (χ1) is 5.63. The van der Waals surface area contributed by atoms with Gasteiger partial charge in [0.2, 0.25) is 0 Å². The lowest BCUT2D eigenvalue weighted by Gasteiger charge is -2.34. The standard InChI is InChI=1S/C8H13NO2S/c1-6-3-9(8(10)5-12)4-7(2)11-6/h5-7H,3-4H2,1-2H3. The highest BCUT2D eigenvalue weighted by Crippen LogP contribution is 2.09. The van der Waals surface area contributed by atoms with Gasteiger partial charge in [-0.2, -0.15) is 0 Å². The van der Waals surface area contributed by atoms with E-state index < -0.39 is 0 Å². The first-order valence-corrected chi connectivity index (χ1v) is 4.50. The molecule has 3 nitrogen and oxygen atoms in total. The highest BCUT2D eigenvalue weighted by Gasteiger charge is 2.24. The van der Waals surface area contributed by atoms with Crippen molar-refractivity contribution in [2.75, 3.05) is 13.1 Å². The van der Waals surface area contributed by atoms with E-state index in [1.165, 1.54) is 5.37 Å². The van der Waals surface area contributed by atoms with E-state index in [0.717, 1.165) is 0 Å². The molecule has 0 aromatic carbocycles. The van der Waals surface area contributed by atoms with Gasteiger partial charge in [0.25, 0.3) is 5.91 Å². The van der Waals surface area contributed by atoms with Crippen molar-refractivity contribution in [2.24, 2.45) is 0 Å². The molecular formula is C8H13NO2S. The van der Waals surface area contributed by atoms with Gasteiger partial charge in [0.15, 0.2) is 0 Å². The Morgan fingerprint density at radius 1 is 1.50 bits per heavy atom. The summed E-state index contributed by atoms with van der Waals surface area (Å²) < 4.78 is 5.47. The van der Waals surface area contributed by atoms with Crippen LogP contribution in [0.4, 0.5) is 0 Å². The second-order valence-electron chi connectivity index (χ2n) is 3.12. The Kier molecular flexibility index (Phi) is 3.17. The molecule has 0 bridgehead atoms. The second-order valence-corrected chi connectivity index (χ2v) is 3.35. The van der Waals surface area contributed by atoms with Gasteiger partial charge in [0, 0.05) is 13.1 Å². The molecule has 0 aliphatic carbocycles. The minimum Gasteiger partial charge on any atom is -0.372 e. The van der Waals surface area contributed by atoms with Crippen molar-refractivity contribution in [2.45, 2.75) is 26.1 Å². The number of hydrogen-bond donors (Lipinski definition) is 0. The number of amides is 1. The number of carbonyl (C=O) groups is 1. The van der Waals surface area contributed by atoms with E-state index in [0.29, 0.717) is 13.1 Å². The predicted molar refractivity (Wildman–Crippen MR) is 50.2 cm³/mol. The fraction of sp³-hybridized carbons (Fsp3) is 0.750. The summed E-state index contributed by atoms with van der Waals surface area (Å²) >= 11 is 4.58. The molecule has 0 N–H and O–H groups in total. The second kappa shape index (κ2) is 3.96. The minimum atomic E-state index is -0.0769. The molecule has 0 spiro atoms. The first kappa shape index (κ1) is 9.61. The average Bonchev–Trinajstić information content (AvgIpc) is 2.01. The molecule has 2 atom stereocenters. The Labute approximate surface area is 77.7 Å². The molecule has 1 heterocycles. The molecule has 1 fully saturated rings. The summed E-state index contributed by atoms with van der Waals surface area (Å²) in [6.45, 7) is 5.21. The van der Waals surface area contributed by atoms with Gasteiger partial charge in [0.05, 0.1) is 17.6 Å². The molecule has 1 amide bonds. The summed E-state index contributed by atoms with van der Waals surface area (Å²) in [5.41, 5.74) is 0. The van der Waals surface area contributed by atoms with Gasteiger partial charge in [-0.15, -0.1) is 0 Å². The van der Waals surface area contributed by atoms with Crippen molar-refractivity contribution in [1.82, 2.24) is 4.90 Å². The molecular weight excluding hydrogens is 174 g/mol. The molecule has 2 unspecified atom stereocenters. The van der Waals surface area contributed by atoms with Crippen LogP contribution in [0.2, 0.25) is 0 Å². The third-order valence-electron chi connectivity index (χ3n) is 1.83. The zero-order valence-corrected chi connectivity index (χ0v) is 8.13. The third-order valence-corrected chi connectivity index (χ3v) is 2.03. The number of carbonyl (C=O) groups excluding carboxylic acids is 1. The molecule has 0 aromatic rings. The Balaban J connectivity index is 2.54. The Morgan fingerprint density at radius 2 is 2.00 bits per heavy atom. The summed E-state index contributed by atoms with van der Waals surface area (Å²) in [5, 5.41) is 1.19. The zero-order valence-electron chi connectivity index (χ0n) is 7.32. The largest absolute Gasteiger partial charge is 0.372 e. The van der Waals surface area contributed by atoms with Crippen molar-refractivity contribution in [3.05, 3.63) is 0 Å². The minimum absolute atomic E-state index is 0.0769. The number of rotatable bonds is 1. The molecule has 1 aliphatic rings. The topological polar surface area (TPSA) is 29.5 Å². The lowest BCUT2D eigenvalue weighted by Crippen LogP contribution is -2.48. The quantitative estimate of drug-likeness (QED) is 0.564. The summed E-state index contributed by atoms with van der Waals surface area (Å²) in [6, 6.07) is 0. The van der Waals surface area contributed by atoms with Crippen molar-refractivity contribution in [1.29, 1.82) is 0 Å². The summed E-state index contributed by atoms with van der Waals surface area (Å²) in [5.74, 6) is -0.0769. The van der Waals surface area contributed by atoms with Crippen molar-refractivity contribution in [3.63, 3.8) is 0 Å². The number of hydrogen-bond acceptors (Lipinski definition) is 3. The summed E-state index contributed by atoms with van der Waals surface area (Å²) in [7, 11) is 0. The van der Waals surface area contributed by atoms with Gasteiger partial charge in [-0.3, -0.25) is 4.79 Å². The maximum Gasteiger partial charge on any atom is 0.257 e. The van der Waals surface area contributed by atoms with E-state index in [-0.39, 0.29) is 18.1 Å². The van der Waals surface area contributed by atoms with E-state index >= 15 is 0 Å². The maximum atomic E-state index is 11.2. The lowest BCUT2D eigenvalue weighted by molar-refractivity contribution is -0.135. The monoisotopic (exact) mass is 187 g/mol. The van der Waals surface area contributed by atoms with Crippen molar-refractivity contribution >= 4 is 23.5 Å². The third kappa shape index (κ3) is 2.25.